The Hall–Kier alpha value is -1.38. The Morgan fingerprint density at radius 3 is 1.95 bits per heavy atom. The minimum absolute atomic E-state index is 0.0408. The van der Waals surface area contributed by atoms with Crippen LogP contribution in [0, 0.1) is 0 Å². The van der Waals surface area contributed by atoms with Gasteiger partial charge in [0.25, 0.3) is 0 Å². The molecule has 0 aromatic carbocycles. The summed E-state index contributed by atoms with van der Waals surface area (Å²) in [5.74, 6) is -0.516. The van der Waals surface area contributed by atoms with Crippen LogP contribution in [-0.4, -0.2) is 64.8 Å². The Labute approximate surface area is 118 Å². The standard InChI is InChI=1S/C12H24N2O6/c1-11(2,3)20-10(19)13-5-4-9(18)14-12(6-15,7-16)8-17/h15-17H,4-8H2,1-3H3,(H,13,19)(H,14,18). The van der Waals surface area contributed by atoms with Gasteiger partial charge in [-0.15, -0.1) is 0 Å². The Bertz CT molecular complexity index is 314. The Kier molecular flexibility index (Phi) is 7.48. The number of carbonyl (C=O) groups is 2. The van der Waals surface area contributed by atoms with E-state index in [0.29, 0.717) is 0 Å². The van der Waals surface area contributed by atoms with Gasteiger partial charge < -0.3 is 30.7 Å². The van der Waals surface area contributed by atoms with Crippen molar-refractivity contribution in [2.45, 2.75) is 38.3 Å². The SMILES string of the molecule is CC(C)(C)OC(=O)NCCC(=O)NC(CO)(CO)CO. The van der Waals surface area contributed by atoms with Gasteiger partial charge in [-0.1, -0.05) is 0 Å². The molecule has 0 unspecified atom stereocenters. The van der Waals surface area contributed by atoms with Crippen molar-refractivity contribution in [1.29, 1.82) is 0 Å². The van der Waals surface area contributed by atoms with Crippen LogP contribution in [0.25, 0.3) is 0 Å². The lowest BCUT2D eigenvalue weighted by molar-refractivity contribution is -0.125. The second kappa shape index (κ2) is 8.03. The fraction of sp³-hybridized carbons (Fsp3) is 0.833. The number of ether oxygens (including phenoxy) is 1. The van der Waals surface area contributed by atoms with Crippen LogP contribution >= 0.6 is 0 Å². The van der Waals surface area contributed by atoms with E-state index >= 15 is 0 Å². The number of aliphatic hydroxyl groups is 3. The molecule has 0 bridgehead atoms. The normalized spacial score (nSPS) is 11.9. The van der Waals surface area contributed by atoms with E-state index in [1.807, 2.05) is 0 Å². The van der Waals surface area contributed by atoms with E-state index in [4.69, 9.17) is 20.1 Å². The van der Waals surface area contributed by atoms with Crippen LogP contribution in [0.3, 0.4) is 0 Å². The summed E-state index contributed by atoms with van der Waals surface area (Å²) in [7, 11) is 0. The predicted octanol–water partition coefficient (Wildman–Crippen LogP) is -1.27. The molecule has 8 nitrogen and oxygen atoms in total. The summed E-state index contributed by atoms with van der Waals surface area (Å²) in [5, 5.41) is 31.8. The summed E-state index contributed by atoms with van der Waals surface area (Å²) in [5.41, 5.74) is -2.07. The van der Waals surface area contributed by atoms with Crippen molar-refractivity contribution in [3.05, 3.63) is 0 Å². The largest absolute Gasteiger partial charge is 0.444 e. The maximum Gasteiger partial charge on any atom is 0.407 e. The summed E-state index contributed by atoms with van der Waals surface area (Å²) in [6.07, 6.45) is -0.705. The number of hydrogen-bond acceptors (Lipinski definition) is 6. The highest BCUT2D eigenvalue weighted by Gasteiger charge is 2.29. The molecule has 0 aromatic rings. The molecular weight excluding hydrogens is 268 g/mol. The summed E-state index contributed by atoms with van der Waals surface area (Å²) < 4.78 is 4.98. The number of alkyl carbamates (subject to hydrolysis) is 1. The highest BCUT2D eigenvalue weighted by Crippen LogP contribution is 2.06. The average Bonchev–Trinajstić information content (AvgIpc) is 2.34. The van der Waals surface area contributed by atoms with E-state index in [2.05, 4.69) is 10.6 Å². The van der Waals surface area contributed by atoms with Gasteiger partial charge in [0.2, 0.25) is 5.91 Å². The van der Waals surface area contributed by atoms with E-state index < -0.39 is 43.0 Å². The van der Waals surface area contributed by atoms with Gasteiger partial charge in [-0.05, 0) is 20.8 Å². The molecule has 118 valence electrons. The zero-order valence-corrected chi connectivity index (χ0v) is 12.1. The number of nitrogens with one attached hydrogen (secondary N) is 2. The van der Waals surface area contributed by atoms with E-state index in [9.17, 15) is 9.59 Å². The van der Waals surface area contributed by atoms with Gasteiger partial charge in [0.1, 0.15) is 11.1 Å². The van der Waals surface area contributed by atoms with Crippen molar-refractivity contribution in [3.63, 3.8) is 0 Å². The van der Waals surface area contributed by atoms with Crippen molar-refractivity contribution >= 4 is 12.0 Å². The lowest BCUT2D eigenvalue weighted by atomic mass is 10.0. The topological polar surface area (TPSA) is 128 Å². The lowest BCUT2D eigenvalue weighted by Crippen LogP contribution is -2.57. The quantitative estimate of drug-likeness (QED) is 0.398. The lowest BCUT2D eigenvalue weighted by Gasteiger charge is -2.28. The number of carbonyl (C=O) groups excluding carboxylic acids is 2. The minimum atomic E-state index is -1.46. The maximum absolute atomic E-state index is 11.6. The maximum atomic E-state index is 11.6. The van der Waals surface area contributed by atoms with Gasteiger partial charge in [-0.3, -0.25) is 4.79 Å². The molecule has 0 rings (SSSR count). The molecule has 0 heterocycles. The fourth-order valence-electron chi connectivity index (χ4n) is 1.22. The fourth-order valence-corrected chi connectivity index (χ4v) is 1.22. The number of amides is 2. The van der Waals surface area contributed by atoms with E-state index in [1.165, 1.54) is 0 Å². The molecule has 5 N–H and O–H groups in total. The highest BCUT2D eigenvalue weighted by molar-refractivity contribution is 5.77. The number of hydrogen-bond donors (Lipinski definition) is 5. The summed E-state index contributed by atoms with van der Waals surface area (Å²) >= 11 is 0. The molecule has 8 heteroatoms. The molecule has 0 atom stereocenters. The van der Waals surface area contributed by atoms with Gasteiger partial charge in [0.05, 0.1) is 19.8 Å². The van der Waals surface area contributed by atoms with Crippen molar-refractivity contribution < 1.29 is 29.6 Å². The molecule has 20 heavy (non-hydrogen) atoms. The Morgan fingerprint density at radius 1 is 1.05 bits per heavy atom. The van der Waals surface area contributed by atoms with Crippen LogP contribution in [0.1, 0.15) is 27.2 Å². The first-order valence-electron chi connectivity index (χ1n) is 6.28. The van der Waals surface area contributed by atoms with Gasteiger partial charge >= 0.3 is 6.09 Å². The van der Waals surface area contributed by atoms with Crippen molar-refractivity contribution in [2.24, 2.45) is 0 Å². The third-order valence-corrected chi connectivity index (χ3v) is 2.33. The van der Waals surface area contributed by atoms with E-state index in [0.717, 1.165) is 0 Å². The predicted molar refractivity (Wildman–Crippen MR) is 71.0 cm³/mol. The molecule has 0 aliphatic rings. The number of rotatable bonds is 7. The third-order valence-electron chi connectivity index (χ3n) is 2.33. The summed E-state index contributed by atoms with van der Waals surface area (Å²) in [6.45, 7) is 3.42. The van der Waals surface area contributed by atoms with E-state index in [1.54, 1.807) is 20.8 Å². The second-order valence-corrected chi connectivity index (χ2v) is 5.48. The van der Waals surface area contributed by atoms with Gasteiger partial charge in [0.15, 0.2) is 0 Å². The molecule has 0 aliphatic carbocycles. The first-order chi connectivity index (χ1) is 9.18. The van der Waals surface area contributed by atoms with Crippen molar-refractivity contribution in [3.8, 4) is 0 Å². The molecule has 0 aromatic heterocycles. The molecule has 2 amide bonds. The first kappa shape index (κ1) is 18.6. The Balaban J connectivity index is 4.09. The van der Waals surface area contributed by atoms with Crippen LogP contribution in [0.5, 0.6) is 0 Å². The van der Waals surface area contributed by atoms with Crippen molar-refractivity contribution in [2.75, 3.05) is 26.4 Å². The van der Waals surface area contributed by atoms with E-state index in [-0.39, 0.29) is 13.0 Å². The summed E-state index contributed by atoms with van der Waals surface area (Å²) in [6, 6.07) is 0. The molecule has 0 aliphatic heterocycles. The van der Waals surface area contributed by atoms with Crippen LogP contribution in [0.4, 0.5) is 4.79 Å². The van der Waals surface area contributed by atoms with Crippen molar-refractivity contribution in [1.82, 2.24) is 10.6 Å². The average molecular weight is 292 g/mol. The zero-order valence-electron chi connectivity index (χ0n) is 12.1. The molecule has 0 saturated heterocycles. The van der Waals surface area contributed by atoms with Gasteiger partial charge in [-0.2, -0.15) is 0 Å². The molecule has 0 radical (unpaired) electrons. The third kappa shape index (κ3) is 7.27. The van der Waals surface area contributed by atoms with Crippen LogP contribution in [-0.2, 0) is 9.53 Å². The molecule has 0 saturated carbocycles. The smallest absolute Gasteiger partial charge is 0.407 e. The molecule has 0 fully saturated rings. The molecule has 0 spiro atoms. The zero-order chi connectivity index (χ0) is 15.8. The second-order valence-electron chi connectivity index (χ2n) is 5.48. The number of aliphatic hydroxyl groups excluding tert-OH is 3. The van der Waals surface area contributed by atoms with Gasteiger partial charge in [-0.25, -0.2) is 4.79 Å². The monoisotopic (exact) mass is 292 g/mol. The van der Waals surface area contributed by atoms with Crippen LogP contribution < -0.4 is 10.6 Å². The summed E-state index contributed by atoms with van der Waals surface area (Å²) in [4.78, 5) is 22.9. The first-order valence-corrected chi connectivity index (χ1v) is 6.28. The van der Waals surface area contributed by atoms with Gasteiger partial charge in [0, 0.05) is 13.0 Å². The Morgan fingerprint density at radius 2 is 1.55 bits per heavy atom. The van der Waals surface area contributed by atoms with Crippen LogP contribution in [0.2, 0.25) is 0 Å². The van der Waals surface area contributed by atoms with Crippen LogP contribution in [0.15, 0.2) is 0 Å². The minimum Gasteiger partial charge on any atom is -0.444 e. The molecular formula is C12H24N2O6. The highest BCUT2D eigenvalue weighted by atomic mass is 16.6.